The van der Waals surface area contributed by atoms with Gasteiger partial charge in [-0.25, -0.2) is 13.8 Å². The summed E-state index contributed by atoms with van der Waals surface area (Å²) in [4.78, 5) is 3.64. The van der Waals surface area contributed by atoms with Gasteiger partial charge in [-0.2, -0.15) is 19.6 Å². The first-order chi connectivity index (χ1) is 16.1. The largest absolute Gasteiger partial charge is 0.456 e. The van der Waals surface area contributed by atoms with Crippen LogP contribution in [0.1, 0.15) is 16.8 Å². The summed E-state index contributed by atoms with van der Waals surface area (Å²) < 4.78 is 64.5. The Morgan fingerprint density at radius 1 is 1.12 bits per heavy atom. The Morgan fingerprint density at radius 3 is 2.32 bits per heavy atom. The van der Waals surface area contributed by atoms with Crippen LogP contribution in [0.15, 0.2) is 66.0 Å². The van der Waals surface area contributed by atoms with Crippen molar-refractivity contribution in [2.24, 2.45) is 5.22 Å². The summed E-state index contributed by atoms with van der Waals surface area (Å²) in [5, 5.41) is 30.2. The summed E-state index contributed by atoms with van der Waals surface area (Å²) >= 11 is 0. The number of rotatable bonds is 9. The van der Waals surface area contributed by atoms with Gasteiger partial charge in [-0.3, -0.25) is 10.4 Å². The van der Waals surface area contributed by atoms with Crippen LogP contribution in [-0.2, 0) is 11.5 Å². The lowest BCUT2D eigenvalue weighted by Gasteiger charge is -2.37. The smallest absolute Gasteiger partial charge is 0.323 e. The van der Waals surface area contributed by atoms with Gasteiger partial charge in [0.2, 0.25) is 0 Å². The number of ether oxygens (including phenoxy) is 1. The number of hydrogen-bond donors (Lipinski definition) is 3. The van der Waals surface area contributed by atoms with Crippen molar-refractivity contribution in [1.29, 1.82) is 16.2 Å². The van der Waals surface area contributed by atoms with Gasteiger partial charge in [-0.15, -0.1) is 0 Å². The number of alkyl halides is 2. The third kappa shape index (κ3) is 4.69. The van der Waals surface area contributed by atoms with Crippen molar-refractivity contribution in [2.45, 2.75) is 11.5 Å². The van der Waals surface area contributed by atoms with Crippen LogP contribution >= 0.6 is 0 Å². The van der Waals surface area contributed by atoms with E-state index >= 15 is 8.78 Å². The Balaban J connectivity index is 1.98. The number of aliphatic hydroxyl groups is 1. The quantitative estimate of drug-likeness (QED) is 0.135. The van der Waals surface area contributed by atoms with Crippen LogP contribution in [0.25, 0.3) is 0 Å². The first kappa shape index (κ1) is 24.3. The van der Waals surface area contributed by atoms with Crippen molar-refractivity contribution >= 4 is 6.34 Å². The molecule has 1 atom stereocenters. The van der Waals surface area contributed by atoms with Crippen molar-refractivity contribution in [3.63, 3.8) is 0 Å². The maximum Gasteiger partial charge on any atom is 0.323 e. The third-order valence-corrected chi connectivity index (χ3v) is 4.84. The number of pyridine rings is 1. The number of halogens is 4. The molecule has 0 amide bonds. The van der Waals surface area contributed by atoms with Crippen LogP contribution in [0.5, 0.6) is 11.5 Å². The van der Waals surface area contributed by atoms with Gasteiger partial charge >= 0.3 is 5.92 Å². The zero-order chi connectivity index (χ0) is 24.9. The van der Waals surface area contributed by atoms with E-state index in [1.54, 1.807) is 0 Å². The topological polar surface area (TPSA) is 129 Å². The Labute approximate surface area is 190 Å². The van der Waals surface area contributed by atoms with E-state index in [4.69, 9.17) is 20.9 Å². The molecule has 0 bridgehead atoms. The predicted octanol–water partition coefficient (Wildman–Crippen LogP) is 4.86. The van der Waals surface area contributed by atoms with Gasteiger partial charge in [-0.05, 0) is 48.5 Å². The number of nitrogens with zero attached hydrogens (tertiary/aromatic N) is 4. The molecule has 0 saturated heterocycles. The summed E-state index contributed by atoms with van der Waals surface area (Å²) in [6.45, 7) is -1.21. The number of aromatic nitrogens is 1. The van der Waals surface area contributed by atoms with E-state index in [0.717, 1.165) is 18.3 Å². The fourth-order valence-corrected chi connectivity index (χ4v) is 3.09. The van der Waals surface area contributed by atoms with Crippen molar-refractivity contribution in [2.75, 3.05) is 6.54 Å². The molecule has 2 aromatic carbocycles. The van der Waals surface area contributed by atoms with E-state index in [0.29, 0.717) is 40.9 Å². The summed E-state index contributed by atoms with van der Waals surface area (Å²) in [5.41, 5.74) is 2.04. The van der Waals surface area contributed by atoms with Gasteiger partial charge in [0.15, 0.2) is 5.60 Å². The van der Waals surface area contributed by atoms with Gasteiger partial charge in [0.05, 0.1) is 24.4 Å². The number of nitriles is 1. The van der Waals surface area contributed by atoms with Gasteiger partial charge in [-0.1, -0.05) is 5.22 Å². The van der Waals surface area contributed by atoms with Crippen molar-refractivity contribution in [3.8, 4) is 17.6 Å². The Bertz CT molecular complexity index is 1220. The minimum Gasteiger partial charge on any atom is -0.456 e. The first-order valence-electron chi connectivity index (χ1n) is 9.49. The highest BCUT2D eigenvalue weighted by molar-refractivity contribution is 5.50. The fourth-order valence-electron chi connectivity index (χ4n) is 3.09. The number of hydrogen-bond acceptors (Lipinski definition) is 7. The summed E-state index contributed by atoms with van der Waals surface area (Å²) in [6, 6.07) is 11.6. The molecule has 12 heteroatoms. The molecule has 0 saturated carbocycles. The zero-order valence-corrected chi connectivity index (χ0v) is 17.2. The monoisotopic (exact) mass is 472 g/mol. The molecule has 3 N–H and O–H groups in total. The number of benzene rings is 2. The molecule has 0 aliphatic carbocycles. The van der Waals surface area contributed by atoms with E-state index in [2.05, 4.69) is 10.2 Å². The molecule has 34 heavy (non-hydrogen) atoms. The van der Waals surface area contributed by atoms with E-state index < -0.39 is 41.0 Å². The molecule has 174 valence electrons. The molecule has 0 aliphatic heterocycles. The second-order valence-electron chi connectivity index (χ2n) is 7.00. The molecule has 8 nitrogen and oxygen atoms in total. The predicted molar refractivity (Wildman–Crippen MR) is 110 cm³/mol. The molecular formula is C22H16F4N6O2. The molecular weight excluding hydrogens is 456 g/mol. The number of nitrogens with one attached hydrogen (secondary N) is 2. The zero-order valence-electron chi connectivity index (χ0n) is 17.2. The SMILES string of the molecule is N#Cc1ccc(Oc2ccc(C(F)(F)C(O)(CN(C=N)N=N)c3ccc(F)cc3F)nc2)cc1. The van der Waals surface area contributed by atoms with Crippen LogP contribution < -0.4 is 4.74 Å². The molecule has 0 radical (unpaired) electrons. The van der Waals surface area contributed by atoms with E-state index in [1.807, 2.05) is 6.07 Å². The lowest BCUT2D eigenvalue weighted by atomic mass is 9.84. The van der Waals surface area contributed by atoms with Gasteiger partial charge < -0.3 is 9.84 Å². The van der Waals surface area contributed by atoms with E-state index in [9.17, 15) is 13.9 Å². The Kier molecular flexibility index (Phi) is 6.88. The summed E-state index contributed by atoms with van der Waals surface area (Å²) in [6.07, 6.45) is 1.34. The summed E-state index contributed by atoms with van der Waals surface area (Å²) in [7, 11) is 0. The second-order valence-corrected chi connectivity index (χ2v) is 7.00. The van der Waals surface area contributed by atoms with E-state index in [-0.39, 0.29) is 5.75 Å². The highest BCUT2D eigenvalue weighted by Gasteiger charge is 2.58. The van der Waals surface area contributed by atoms with Gasteiger partial charge in [0.25, 0.3) is 0 Å². The molecule has 0 aliphatic rings. The molecule has 1 heterocycles. The van der Waals surface area contributed by atoms with Crippen molar-refractivity contribution < 1.29 is 27.4 Å². The van der Waals surface area contributed by atoms with Crippen molar-refractivity contribution in [1.82, 2.24) is 9.99 Å². The van der Waals surface area contributed by atoms with Crippen LogP contribution in [0, 0.1) is 33.9 Å². The average molecular weight is 472 g/mol. The lowest BCUT2D eigenvalue weighted by Crippen LogP contribution is -2.51. The third-order valence-electron chi connectivity index (χ3n) is 4.84. The second kappa shape index (κ2) is 9.63. The molecule has 0 fully saturated rings. The first-order valence-corrected chi connectivity index (χ1v) is 9.49. The fraction of sp³-hybridized carbons (Fsp3) is 0.136. The maximum absolute atomic E-state index is 15.6. The highest BCUT2D eigenvalue weighted by Crippen LogP contribution is 2.46. The highest BCUT2D eigenvalue weighted by atomic mass is 19.3. The molecule has 0 spiro atoms. The van der Waals surface area contributed by atoms with Crippen LogP contribution in [0.3, 0.4) is 0 Å². The standard InChI is InChI=1S/C22H16F4N6O2/c23-15-3-7-18(19(24)9-15)21(33,12-32(13-28)31-29)22(25,26)20-8-6-17(11-30-20)34-16-4-1-14(10-27)2-5-16/h1-9,11,13,28-29,33H,12H2. The van der Waals surface area contributed by atoms with Crippen LogP contribution in [0.4, 0.5) is 17.6 Å². The normalized spacial score (nSPS) is 12.8. The molecule has 1 aromatic heterocycles. The van der Waals surface area contributed by atoms with E-state index in [1.165, 1.54) is 24.3 Å². The summed E-state index contributed by atoms with van der Waals surface area (Å²) in [5.74, 6) is -6.43. The molecule has 3 rings (SSSR count). The van der Waals surface area contributed by atoms with Crippen LogP contribution in [0.2, 0.25) is 0 Å². The Morgan fingerprint density at radius 2 is 1.79 bits per heavy atom. The lowest BCUT2D eigenvalue weighted by molar-refractivity contribution is -0.204. The average Bonchev–Trinajstić information content (AvgIpc) is 2.83. The van der Waals surface area contributed by atoms with Gasteiger partial charge in [0.1, 0.15) is 35.2 Å². The van der Waals surface area contributed by atoms with Crippen molar-refractivity contribution in [3.05, 3.63) is 89.2 Å². The minimum absolute atomic E-state index is 0.0584. The molecule has 1 unspecified atom stereocenters. The van der Waals surface area contributed by atoms with Gasteiger partial charge in [0, 0.05) is 11.6 Å². The minimum atomic E-state index is -4.29. The molecule has 3 aromatic rings. The maximum atomic E-state index is 15.6. The van der Waals surface area contributed by atoms with Crippen LogP contribution in [-0.4, -0.2) is 28.0 Å². The Hall–Kier alpha value is -4.37.